The minimum atomic E-state index is 0.00366. The molecule has 138 valence electrons. The number of aromatic nitrogens is 1. The maximum Gasteiger partial charge on any atom is 0.237 e. The average molecular weight is 378 g/mol. The van der Waals surface area contributed by atoms with E-state index in [0.717, 1.165) is 32.6 Å². The zero-order valence-corrected chi connectivity index (χ0v) is 16.1. The van der Waals surface area contributed by atoms with Gasteiger partial charge in [0, 0.05) is 42.9 Å². The van der Waals surface area contributed by atoms with Crippen molar-refractivity contribution >= 4 is 17.2 Å². The van der Waals surface area contributed by atoms with Crippen LogP contribution in [0.5, 0.6) is 0 Å². The van der Waals surface area contributed by atoms with Crippen molar-refractivity contribution in [3.8, 4) is 0 Å². The smallest absolute Gasteiger partial charge is 0.237 e. The molecule has 2 aliphatic heterocycles. The van der Waals surface area contributed by atoms with Crippen LogP contribution in [0.25, 0.3) is 0 Å². The molecule has 0 saturated heterocycles. The van der Waals surface area contributed by atoms with Crippen LogP contribution in [0, 0.1) is 0 Å². The summed E-state index contributed by atoms with van der Waals surface area (Å²) in [7, 11) is 0. The summed E-state index contributed by atoms with van der Waals surface area (Å²) in [5.74, 6) is 0.231. The van der Waals surface area contributed by atoms with Crippen LogP contribution in [0.3, 0.4) is 0 Å². The Hall–Kier alpha value is -2.37. The van der Waals surface area contributed by atoms with E-state index in [2.05, 4.69) is 68.4 Å². The largest absolute Gasteiger partial charge is 0.348 e. The molecule has 2 aliphatic rings. The standard InChI is InChI=1S/C22H23N3OS/c26-21(16-23-11-8-20-18(15-23)9-14-27-20)25-13-12-24-10-4-7-19(24)22(25)17-5-2-1-3-6-17/h1-7,9-10,14,22H,8,11-13,15-16H2/t22-/m0/s1. The molecule has 2 aromatic heterocycles. The Morgan fingerprint density at radius 1 is 1.04 bits per heavy atom. The predicted molar refractivity (Wildman–Crippen MR) is 108 cm³/mol. The predicted octanol–water partition coefficient (Wildman–Crippen LogP) is 3.54. The second-order valence-electron chi connectivity index (χ2n) is 7.36. The van der Waals surface area contributed by atoms with E-state index in [4.69, 9.17) is 0 Å². The number of thiophene rings is 1. The van der Waals surface area contributed by atoms with Gasteiger partial charge in [0.15, 0.2) is 0 Å². The first-order valence-corrected chi connectivity index (χ1v) is 10.4. The minimum Gasteiger partial charge on any atom is -0.348 e. The molecule has 0 bridgehead atoms. The molecule has 0 spiro atoms. The van der Waals surface area contributed by atoms with Gasteiger partial charge in [-0.15, -0.1) is 11.3 Å². The maximum absolute atomic E-state index is 13.3. The van der Waals surface area contributed by atoms with Crippen molar-refractivity contribution < 1.29 is 4.79 Å². The first kappa shape index (κ1) is 16.8. The molecule has 0 aliphatic carbocycles. The van der Waals surface area contributed by atoms with Crippen molar-refractivity contribution in [1.29, 1.82) is 0 Å². The third kappa shape index (κ3) is 3.11. The van der Waals surface area contributed by atoms with Gasteiger partial charge >= 0.3 is 0 Å². The summed E-state index contributed by atoms with van der Waals surface area (Å²) < 4.78 is 2.28. The van der Waals surface area contributed by atoms with Gasteiger partial charge in [-0.3, -0.25) is 9.69 Å². The number of rotatable bonds is 3. The van der Waals surface area contributed by atoms with Crippen LogP contribution in [0.4, 0.5) is 0 Å². The van der Waals surface area contributed by atoms with E-state index in [9.17, 15) is 4.79 Å². The van der Waals surface area contributed by atoms with Crippen molar-refractivity contribution in [1.82, 2.24) is 14.4 Å². The van der Waals surface area contributed by atoms with Crippen LogP contribution in [0.2, 0.25) is 0 Å². The van der Waals surface area contributed by atoms with Gasteiger partial charge in [-0.25, -0.2) is 0 Å². The van der Waals surface area contributed by atoms with Crippen molar-refractivity contribution in [2.75, 3.05) is 19.6 Å². The monoisotopic (exact) mass is 377 g/mol. The lowest BCUT2D eigenvalue weighted by Crippen LogP contribution is -2.47. The highest BCUT2D eigenvalue weighted by molar-refractivity contribution is 7.10. The SMILES string of the molecule is O=C(CN1CCc2sccc2C1)N1CCn2cccc2[C@@H]1c1ccccc1. The Kier molecular flexibility index (Phi) is 4.34. The fourth-order valence-electron chi connectivity index (χ4n) is 4.36. The van der Waals surface area contributed by atoms with E-state index in [1.165, 1.54) is 21.7 Å². The van der Waals surface area contributed by atoms with Gasteiger partial charge in [-0.05, 0) is 41.1 Å². The van der Waals surface area contributed by atoms with Crippen LogP contribution < -0.4 is 0 Å². The van der Waals surface area contributed by atoms with Crippen LogP contribution in [0.1, 0.15) is 27.7 Å². The molecule has 0 fully saturated rings. The topological polar surface area (TPSA) is 28.5 Å². The van der Waals surface area contributed by atoms with Crippen LogP contribution in [0.15, 0.2) is 60.1 Å². The van der Waals surface area contributed by atoms with E-state index in [1.807, 2.05) is 17.4 Å². The van der Waals surface area contributed by atoms with Crippen molar-refractivity contribution in [3.63, 3.8) is 0 Å². The average Bonchev–Trinajstić information content (AvgIpc) is 3.36. The Bertz CT molecular complexity index is 945. The zero-order chi connectivity index (χ0) is 18.2. The Balaban J connectivity index is 1.39. The molecule has 5 heteroatoms. The highest BCUT2D eigenvalue weighted by Crippen LogP contribution is 2.32. The summed E-state index contributed by atoms with van der Waals surface area (Å²) >= 11 is 1.84. The number of hydrogen-bond donors (Lipinski definition) is 0. The molecule has 0 unspecified atom stereocenters. The number of nitrogens with zero attached hydrogens (tertiary/aromatic N) is 3. The number of carbonyl (C=O) groups excluding carboxylic acids is 1. The normalized spacial score (nSPS) is 19.6. The van der Waals surface area contributed by atoms with Gasteiger partial charge in [-0.2, -0.15) is 0 Å². The van der Waals surface area contributed by atoms with Crippen molar-refractivity contribution in [2.24, 2.45) is 0 Å². The second-order valence-corrected chi connectivity index (χ2v) is 8.36. The highest BCUT2D eigenvalue weighted by atomic mass is 32.1. The Labute approximate surface area is 163 Å². The van der Waals surface area contributed by atoms with Gasteiger partial charge in [0.05, 0.1) is 12.6 Å². The molecule has 1 atom stereocenters. The Morgan fingerprint density at radius 2 is 1.93 bits per heavy atom. The molecule has 3 aromatic rings. The lowest BCUT2D eigenvalue weighted by atomic mass is 9.99. The third-order valence-corrected chi connectivity index (χ3v) is 6.74. The maximum atomic E-state index is 13.3. The van der Waals surface area contributed by atoms with Crippen LogP contribution in [-0.2, 0) is 24.3 Å². The van der Waals surface area contributed by atoms with Crippen molar-refractivity contribution in [2.45, 2.75) is 25.6 Å². The molecule has 27 heavy (non-hydrogen) atoms. The van der Waals surface area contributed by atoms with E-state index >= 15 is 0 Å². The summed E-state index contributed by atoms with van der Waals surface area (Å²) in [5.41, 5.74) is 3.79. The fourth-order valence-corrected chi connectivity index (χ4v) is 5.25. The number of benzene rings is 1. The molecular weight excluding hydrogens is 354 g/mol. The van der Waals surface area contributed by atoms with E-state index in [1.54, 1.807) is 0 Å². The number of carbonyl (C=O) groups is 1. The highest BCUT2D eigenvalue weighted by Gasteiger charge is 2.33. The molecule has 0 N–H and O–H groups in total. The lowest BCUT2D eigenvalue weighted by molar-refractivity contribution is -0.135. The van der Waals surface area contributed by atoms with Gasteiger partial charge in [0.2, 0.25) is 5.91 Å². The molecule has 1 amide bonds. The summed E-state index contributed by atoms with van der Waals surface area (Å²) in [6.45, 7) is 3.99. The van der Waals surface area contributed by atoms with Crippen LogP contribution >= 0.6 is 11.3 Å². The van der Waals surface area contributed by atoms with Crippen LogP contribution in [-0.4, -0.2) is 39.9 Å². The van der Waals surface area contributed by atoms with E-state index in [-0.39, 0.29) is 11.9 Å². The van der Waals surface area contributed by atoms with E-state index in [0.29, 0.717) is 6.54 Å². The second kappa shape index (κ2) is 6.98. The molecule has 1 aromatic carbocycles. The Morgan fingerprint density at radius 3 is 2.81 bits per heavy atom. The molecule has 0 saturated carbocycles. The minimum absolute atomic E-state index is 0.00366. The van der Waals surface area contributed by atoms with Gasteiger partial charge in [0.1, 0.15) is 0 Å². The third-order valence-electron chi connectivity index (χ3n) is 5.72. The van der Waals surface area contributed by atoms with Gasteiger partial charge in [0.25, 0.3) is 0 Å². The summed E-state index contributed by atoms with van der Waals surface area (Å²) in [4.78, 5) is 19.2. The van der Waals surface area contributed by atoms with Crippen molar-refractivity contribution in [3.05, 3.63) is 81.8 Å². The molecule has 0 radical (unpaired) electrons. The first-order valence-electron chi connectivity index (χ1n) is 9.56. The number of amides is 1. The summed E-state index contributed by atoms with van der Waals surface area (Å²) in [6, 6.07) is 16.9. The molecule has 5 rings (SSSR count). The van der Waals surface area contributed by atoms with E-state index < -0.39 is 0 Å². The summed E-state index contributed by atoms with van der Waals surface area (Å²) in [6.07, 6.45) is 3.18. The zero-order valence-electron chi connectivity index (χ0n) is 15.3. The molecular formula is C22H23N3OS. The number of fused-ring (bicyclic) bond motifs is 2. The first-order chi connectivity index (χ1) is 13.3. The summed E-state index contributed by atoms with van der Waals surface area (Å²) in [5, 5.41) is 2.17. The van der Waals surface area contributed by atoms with Gasteiger partial charge < -0.3 is 9.47 Å². The fraction of sp³-hybridized carbons (Fsp3) is 0.318. The van der Waals surface area contributed by atoms with Gasteiger partial charge in [-0.1, -0.05) is 30.3 Å². The molecule has 4 nitrogen and oxygen atoms in total. The molecule has 4 heterocycles. The quantitative estimate of drug-likeness (QED) is 0.698. The number of hydrogen-bond acceptors (Lipinski definition) is 3. The lowest BCUT2D eigenvalue weighted by Gasteiger charge is -2.39.